The lowest BCUT2D eigenvalue weighted by Crippen LogP contribution is -2.44. The molecule has 5 heteroatoms. The van der Waals surface area contributed by atoms with Crippen molar-refractivity contribution in [3.63, 3.8) is 0 Å². The molecule has 2 fully saturated rings. The number of benzene rings is 1. The van der Waals surface area contributed by atoms with Gasteiger partial charge in [-0.05, 0) is 50.2 Å². The third-order valence-corrected chi connectivity index (χ3v) is 5.76. The first-order valence-electron chi connectivity index (χ1n) is 10.5. The average molecular weight is 380 g/mol. The molecule has 0 atom stereocenters. The van der Waals surface area contributed by atoms with Gasteiger partial charge < -0.3 is 10.1 Å². The summed E-state index contributed by atoms with van der Waals surface area (Å²) >= 11 is 0. The fourth-order valence-corrected chi connectivity index (χ4v) is 4.14. The fourth-order valence-electron chi connectivity index (χ4n) is 4.14. The van der Waals surface area contributed by atoms with Gasteiger partial charge in [0.25, 0.3) is 5.91 Å². The lowest BCUT2D eigenvalue weighted by atomic mass is 10.0. The molecule has 1 saturated heterocycles. The molecule has 5 nitrogen and oxygen atoms in total. The first-order valence-corrected chi connectivity index (χ1v) is 10.5. The Balaban J connectivity index is 1.26. The number of likely N-dealkylation sites (tertiary alicyclic amines) is 1. The van der Waals surface area contributed by atoms with Gasteiger partial charge in [-0.25, -0.2) is 4.98 Å². The number of hydrogen-bond donors (Lipinski definition) is 1. The van der Waals surface area contributed by atoms with Crippen LogP contribution >= 0.6 is 0 Å². The number of rotatable bonds is 6. The van der Waals surface area contributed by atoms with Crippen molar-refractivity contribution in [3.8, 4) is 5.88 Å². The maximum Gasteiger partial charge on any atom is 0.251 e. The summed E-state index contributed by atoms with van der Waals surface area (Å²) in [6.07, 6.45) is 8.48. The second-order valence-corrected chi connectivity index (χ2v) is 7.92. The molecule has 1 aliphatic carbocycles. The fraction of sp³-hybridized carbons (Fsp3) is 0.478. The topological polar surface area (TPSA) is 54.5 Å². The van der Waals surface area contributed by atoms with E-state index in [0.717, 1.165) is 45.3 Å². The predicted molar refractivity (Wildman–Crippen MR) is 109 cm³/mol. The molecule has 2 aliphatic rings. The number of hydrogen-bond acceptors (Lipinski definition) is 4. The molecule has 0 bridgehead atoms. The molecule has 148 valence electrons. The first-order chi connectivity index (χ1) is 13.8. The van der Waals surface area contributed by atoms with Gasteiger partial charge in [-0.1, -0.05) is 30.3 Å². The van der Waals surface area contributed by atoms with E-state index < -0.39 is 0 Å². The number of ether oxygens (including phenoxy) is 1. The van der Waals surface area contributed by atoms with Crippen LogP contribution in [0.15, 0.2) is 48.7 Å². The van der Waals surface area contributed by atoms with Crippen LogP contribution in [-0.4, -0.2) is 41.0 Å². The lowest BCUT2D eigenvalue weighted by molar-refractivity contribution is 0.0907. The molecule has 0 spiro atoms. The summed E-state index contributed by atoms with van der Waals surface area (Å²) in [7, 11) is 0. The molecule has 1 amide bonds. The minimum atomic E-state index is -0.0276. The minimum Gasteiger partial charge on any atom is -0.474 e. The molecule has 1 aromatic heterocycles. The van der Waals surface area contributed by atoms with Gasteiger partial charge in [0.2, 0.25) is 5.88 Å². The van der Waals surface area contributed by atoms with E-state index in [0.29, 0.717) is 11.4 Å². The first kappa shape index (κ1) is 18.9. The molecule has 2 heterocycles. The van der Waals surface area contributed by atoms with Crippen LogP contribution < -0.4 is 10.1 Å². The molecule has 1 N–H and O–H groups in total. The van der Waals surface area contributed by atoms with Crippen LogP contribution in [0.5, 0.6) is 5.88 Å². The number of carbonyl (C=O) groups excluding carboxylic acids is 1. The number of amides is 1. The third kappa shape index (κ3) is 5.10. The Kier molecular flexibility index (Phi) is 6.22. The summed E-state index contributed by atoms with van der Waals surface area (Å²) in [6, 6.07) is 14.3. The summed E-state index contributed by atoms with van der Waals surface area (Å²) < 4.78 is 5.93. The van der Waals surface area contributed by atoms with Gasteiger partial charge in [0.15, 0.2) is 0 Å². The second kappa shape index (κ2) is 9.20. The van der Waals surface area contributed by atoms with Gasteiger partial charge >= 0.3 is 0 Å². The van der Waals surface area contributed by atoms with Gasteiger partial charge in [0, 0.05) is 43.5 Å². The predicted octanol–water partition coefficient (Wildman–Crippen LogP) is 3.80. The van der Waals surface area contributed by atoms with Crippen molar-refractivity contribution >= 4 is 5.91 Å². The van der Waals surface area contributed by atoms with Crippen LogP contribution in [0.3, 0.4) is 0 Å². The summed E-state index contributed by atoms with van der Waals surface area (Å²) in [5.74, 6) is 0.539. The van der Waals surface area contributed by atoms with Crippen molar-refractivity contribution in [2.24, 2.45) is 0 Å². The summed E-state index contributed by atoms with van der Waals surface area (Å²) in [6.45, 7) is 2.99. The van der Waals surface area contributed by atoms with Crippen molar-refractivity contribution in [3.05, 3.63) is 59.8 Å². The summed E-state index contributed by atoms with van der Waals surface area (Å²) in [4.78, 5) is 19.4. The molecular weight excluding hydrogens is 350 g/mol. The van der Waals surface area contributed by atoms with Crippen molar-refractivity contribution in [1.29, 1.82) is 0 Å². The number of pyridine rings is 1. The highest BCUT2D eigenvalue weighted by Crippen LogP contribution is 2.23. The van der Waals surface area contributed by atoms with Gasteiger partial charge in [-0.15, -0.1) is 0 Å². The van der Waals surface area contributed by atoms with Crippen LogP contribution in [0.4, 0.5) is 0 Å². The van der Waals surface area contributed by atoms with Crippen LogP contribution in [0.1, 0.15) is 54.4 Å². The maximum absolute atomic E-state index is 12.7. The van der Waals surface area contributed by atoms with Gasteiger partial charge in [0.1, 0.15) is 6.10 Å². The Labute approximate surface area is 167 Å². The number of nitrogens with zero attached hydrogens (tertiary/aromatic N) is 2. The maximum atomic E-state index is 12.7. The molecule has 0 radical (unpaired) electrons. The van der Waals surface area contributed by atoms with E-state index in [1.807, 2.05) is 0 Å². The minimum absolute atomic E-state index is 0.0276. The van der Waals surface area contributed by atoms with Gasteiger partial charge in [-0.3, -0.25) is 9.69 Å². The number of carbonyl (C=O) groups is 1. The standard InChI is InChI=1S/C23H29N3O2/c27-23(19-10-13-24-22(16-19)28-21-8-4-5-9-21)25-20-11-14-26(15-12-20)17-18-6-2-1-3-7-18/h1-3,6-7,10,13,16,20-21H,4-5,8-9,11-12,14-15,17H2,(H,25,27). The van der Waals surface area contributed by atoms with Crippen LogP contribution in [0.2, 0.25) is 0 Å². The highest BCUT2D eigenvalue weighted by Gasteiger charge is 2.22. The van der Waals surface area contributed by atoms with Crippen molar-refractivity contribution < 1.29 is 9.53 Å². The lowest BCUT2D eigenvalue weighted by Gasteiger charge is -2.32. The molecule has 1 aliphatic heterocycles. The largest absolute Gasteiger partial charge is 0.474 e. The highest BCUT2D eigenvalue weighted by atomic mass is 16.5. The average Bonchev–Trinajstić information content (AvgIpc) is 3.23. The van der Waals surface area contributed by atoms with Gasteiger partial charge in [-0.2, -0.15) is 0 Å². The zero-order valence-corrected chi connectivity index (χ0v) is 16.3. The number of piperidine rings is 1. The molecule has 28 heavy (non-hydrogen) atoms. The normalized spacial score (nSPS) is 18.9. The Morgan fingerprint density at radius 1 is 1.07 bits per heavy atom. The van der Waals surface area contributed by atoms with Crippen LogP contribution in [0, 0.1) is 0 Å². The molecular formula is C23H29N3O2. The monoisotopic (exact) mass is 379 g/mol. The zero-order chi connectivity index (χ0) is 19.2. The van der Waals surface area contributed by atoms with Crippen molar-refractivity contribution in [2.75, 3.05) is 13.1 Å². The van der Waals surface area contributed by atoms with Crippen molar-refractivity contribution in [1.82, 2.24) is 15.2 Å². The second-order valence-electron chi connectivity index (χ2n) is 7.92. The van der Waals surface area contributed by atoms with E-state index in [1.54, 1.807) is 18.3 Å². The van der Waals surface area contributed by atoms with Gasteiger partial charge in [0.05, 0.1) is 0 Å². The Hall–Kier alpha value is -2.40. The van der Waals surface area contributed by atoms with E-state index in [1.165, 1.54) is 18.4 Å². The third-order valence-electron chi connectivity index (χ3n) is 5.76. The van der Waals surface area contributed by atoms with E-state index in [4.69, 9.17) is 4.74 Å². The highest BCUT2D eigenvalue weighted by molar-refractivity contribution is 5.94. The van der Waals surface area contributed by atoms with Crippen LogP contribution in [-0.2, 0) is 6.54 Å². The molecule has 2 aromatic rings. The Morgan fingerprint density at radius 3 is 2.57 bits per heavy atom. The number of aromatic nitrogens is 1. The quantitative estimate of drug-likeness (QED) is 0.829. The SMILES string of the molecule is O=C(NC1CCN(Cc2ccccc2)CC1)c1ccnc(OC2CCCC2)c1. The zero-order valence-electron chi connectivity index (χ0n) is 16.3. The Bertz CT molecular complexity index is 766. The van der Waals surface area contributed by atoms with E-state index in [2.05, 4.69) is 45.5 Å². The number of nitrogens with one attached hydrogen (secondary N) is 1. The van der Waals surface area contributed by atoms with Crippen LogP contribution in [0.25, 0.3) is 0 Å². The van der Waals surface area contributed by atoms with Crippen molar-refractivity contribution in [2.45, 2.75) is 57.2 Å². The smallest absolute Gasteiger partial charge is 0.251 e. The van der Waals surface area contributed by atoms with E-state index in [9.17, 15) is 4.79 Å². The molecule has 1 aromatic carbocycles. The molecule has 0 unspecified atom stereocenters. The molecule has 1 saturated carbocycles. The molecule has 4 rings (SSSR count). The summed E-state index contributed by atoms with van der Waals surface area (Å²) in [5, 5.41) is 3.19. The van der Waals surface area contributed by atoms with E-state index in [-0.39, 0.29) is 18.1 Å². The van der Waals surface area contributed by atoms with E-state index >= 15 is 0 Å². The summed E-state index contributed by atoms with van der Waals surface area (Å²) in [5.41, 5.74) is 1.98. The Morgan fingerprint density at radius 2 is 1.82 bits per heavy atom.